The van der Waals surface area contributed by atoms with Gasteiger partial charge in [0.25, 0.3) is 10.2 Å². The van der Waals surface area contributed by atoms with E-state index in [4.69, 9.17) is 5.14 Å². The lowest BCUT2D eigenvalue weighted by Crippen LogP contribution is -2.37. The summed E-state index contributed by atoms with van der Waals surface area (Å²) in [6, 6.07) is 0. The van der Waals surface area contributed by atoms with Crippen molar-refractivity contribution in [2.45, 2.75) is 26.2 Å². The first-order valence-corrected chi connectivity index (χ1v) is 8.29. The van der Waals surface area contributed by atoms with E-state index < -0.39 is 10.2 Å². The van der Waals surface area contributed by atoms with Crippen molar-refractivity contribution in [2.24, 2.45) is 11.1 Å². The van der Waals surface area contributed by atoms with Crippen LogP contribution in [0.3, 0.4) is 0 Å². The largest absolute Gasteiger partial charge is 0.356 e. The second-order valence-electron chi connectivity index (χ2n) is 5.19. The van der Waals surface area contributed by atoms with Gasteiger partial charge in [0.2, 0.25) is 0 Å². The minimum atomic E-state index is -3.56. The van der Waals surface area contributed by atoms with Crippen LogP contribution in [0.25, 0.3) is 0 Å². The lowest BCUT2D eigenvalue weighted by atomic mass is 9.93. The smallest absolute Gasteiger partial charge is 0.274 e. The highest BCUT2D eigenvalue weighted by atomic mass is 32.2. The fraction of sp³-hybridized carbons (Fsp3) is 0.667. The Labute approximate surface area is 119 Å². The third kappa shape index (κ3) is 4.39. The number of hydrogen-bond acceptors (Lipinski definition) is 5. The van der Waals surface area contributed by atoms with Crippen molar-refractivity contribution in [3.8, 4) is 0 Å². The number of aromatic nitrogens is 2. The van der Waals surface area contributed by atoms with Gasteiger partial charge in [0.1, 0.15) is 12.1 Å². The van der Waals surface area contributed by atoms with Gasteiger partial charge in [-0.25, -0.2) is 19.8 Å². The van der Waals surface area contributed by atoms with Crippen molar-refractivity contribution in [2.75, 3.05) is 24.5 Å². The average Bonchev–Trinajstić information content (AvgIpc) is 2.39. The van der Waals surface area contributed by atoms with Crippen LogP contribution in [-0.4, -0.2) is 38.0 Å². The average molecular weight is 299 g/mol. The molecule has 8 heteroatoms. The van der Waals surface area contributed by atoms with E-state index in [0.717, 1.165) is 43.7 Å². The summed E-state index contributed by atoms with van der Waals surface area (Å²) in [5, 5.41) is 4.90. The molecular formula is C12H21N5O2S. The number of nitrogens with one attached hydrogen (secondary N) is 1. The quantitative estimate of drug-likeness (QED) is 0.808. The summed E-state index contributed by atoms with van der Waals surface area (Å²) >= 11 is 0. The van der Waals surface area contributed by atoms with Crippen LogP contribution in [0.2, 0.25) is 0 Å². The summed E-state index contributed by atoms with van der Waals surface area (Å²) in [6.45, 7) is 4.31. The van der Waals surface area contributed by atoms with Crippen LogP contribution in [0.1, 0.15) is 24.8 Å². The number of anilines is 1. The molecule has 0 radical (unpaired) electrons. The van der Waals surface area contributed by atoms with Gasteiger partial charge in [-0.2, -0.15) is 8.42 Å². The molecular weight excluding hydrogens is 278 g/mol. The SMILES string of the molecule is Cc1cncnc1N1CCC(CCNS(N)(=O)=O)CC1. The van der Waals surface area contributed by atoms with Gasteiger partial charge in [-0.1, -0.05) is 0 Å². The highest BCUT2D eigenvalue weighted by Gasteiger charge is 2.21. The van der Waals surface area contributed by atoms with Crippen molar-refractivity contribution in [1.82, 2.24) is 14.7 Å². The van der Waals surface area contributed by atoms with Gasteiger partial charge in [-0.15, -0.1) is 0 Å². The molecule has 0 atom stereocenters. The number of nitrogens with two attached hydrogens (primary N) is 1. The third-order valence-corrected chi connectivity index (χ3v) is 4.24. The molecule has 0 spiro atoms. The minimum Gasteiger partial charge on any atom is -0.356 e. The molecule has 1 aliphatic heterocycles. The third-order valence-electron chi connectivity index (χ3n) is 3.64. The van der Waals surface area contributed by atoms with Crippen LogP contribution in [0, 0.1) is 12.8 Å². The molecule has 1 saturated heterocycles. The van der Waals surface area contributed by atoms with Gasteiger partial charge >= 0.3 is 0 Å². The van der Waals surface area contributed by atoms with Gasteiger partial charge in [0, 0.05) is 31.4 Å². The van der Waals surface area contributed by atoms with E-state index >= 15 is 0 Å². The molecule has 20 heavy (non-hydrogen) atoms. The van der Waals surface area contributed by atoms with Crippen LogP contribution in [-0.2, 0) is 10.2 Å². The van der Waals surface area contributed by atoms with Crippen LogP contribution < -0.4 is 14.8 Å². The molecule has 2 rings (SSSR count). The van der Waals surface area contributed by atoms with Crippen molar-refractivity contribution in [3.63, 3.8) is 0 Å². The second kappa shape index (κ2) is 6.47. The molecule has 1 fully saturated rings. The Morgan fingerprint density at radius 3 is 2.75 bits per heavy atom. The zero-order valence-corrected chi connectivity index (χ0v) is 12.4. The molecule has 112 valence electrons. The Hall–Kier alpha value is -1.25. The molecule has 0 aromatic carbocycles. The van der Waals surface area contributed by atoms with Gasteiger partial charge in [-0.05, 0) is 32.1 Å². The Balaban J connectivity index is 1.80. The molecule has 1 aliphatic rings. The molecule has 1 aromatic rings. The Bertz CT molecular complexity index is 541. The Kier molecular flexibility index (Phi) is 4.90. The summed E-state index contributed by atoms with van der Waals surface area (Å²) < 4.78 is 23.9. The van der Waals surface area contributed by atoms with E-state index in [9.17, 15) is 8.42 Å². The predicted molar refractivity (Wildman–Crippen MR) is 77.4 cm³/mol. The van der Waals surface area contributed by atoms with Gasteiger partial charge < -0.3 is 4.90 Å². The normalized spacial score (nSPS) is 17.4. The summed E-state index contributed by atoms with van der Waals surface area (Å²) in [7, 11) is -3.56. The molecule has 0 aliphatic carbocycles. The molecule has 1 aromatic heterocycles. The zero-order chi connectivity index (χ0) is 14.6. The van der Waals surface area contributed by atoms with Crippen molar-refractivity contribution in [3.05, 3.63) is 18.1 Å². The first-order valence-electron chi connectivity index (χ1n) is 6.74. The zero-order valence-electron chi connectivity index (χ0n) is 11.6. The Morgan fingerprint density at radius 2 is 2.15 bits per heavy atom. The maximum absolute atomic E-state index is 10.8. The molecule has 2 heterocycles. The maximum Gasteiger partial charge on any atom is 0.274 e. The minimum absolute atomic E-state index is 0.413. The van der Waals surface area contributed by atoms with Crippen LogP contribution >= 0.6 is 0 Å². The van der Waals surface area contributed by atoms with Gasteiger partial charge in [-0.3, -0.25) is 0 Å². The van der Waals surface area contributed by atoms with Crippen molar-refractivity contribution >= 4 is 16.0 Å². The number of piperidine rings is 1. The summed E-state index contributed by atoms with van der Waals surface area (Å²) in [5.74, 6) is 1.53. The van der Waals surface area contributed by atoms with E-state index in [1.165, 1.54) is 0 Å². The Morgan fingerprint density at radius 1 is 1.45 bits per heavy atom. The van der Waals surface area contributed by atoms with Crippen LogP contribution in [0.4, 0.5) is 5.82 Å². The van der Waals surface area contributed by atoms with Crippen LogP contribution in [0.15, 0.2) is 12.5 Å². The fourth-order valence-electron chi connectivity index (χ4n) is 2.56. The standard InChI is InChI=1S/C12H21N5O2S/c1-10-8-14-9-15-12(10)17-6-3-11(4-7-17)2-5-16-20(13,18)19/h8-9,11,16H,2-7H2,1H3,(H2,13,18,19). The van der Waals surface area contributed by atoms with E-state index in [1.807, 2.05) is 13.1 Å². The number of hydrogen-bond donors (Lipinski definition) is 2. The van der Waals surface area contributed by atoms with E-state index in [-0.39, 0.29) is 0 Å². The summed E-state index contributed by atoms with van der Waals surface area (Å²) in [6.07, 6.45) is 6.30. The molecule has 7 nitrogen and oxygen atoms in total. The van der Waals surface area contributed by atoms with Crippen molar-refractivity contribution in [1.29, 1.82) is 0 Å². The first kappa shape index (κ1) is 15.1. The molecule has 0 saturated carbocycles. The van der Waals surface area contributed by atoms with Gasteiger partial charge in [0.15, 0.2) is 0 Å². The second-order valence-corrected chi connectivity index (χ2v) is 6.57. The number of rotatable bonds is 5. The lowest BCUT2D eigenvalue weighted by molar-refractivity contribution is 0.380. The molecule has 0 unspecified atom stereocenters. The van der Waals surface area contributed by atoms with Gasteiger partial charge in [0.05, 0.1) is 0 Å². The summed E-state index contributed by atoms with van der Waals surface area (Å²) in [5.41, 5.74) is 1.09. The van der Waals surface area contributed by atoms with Crippen LogP contribution in [0.5, 0.6) is 0 Å². The predicted octanol–water partition coefficient (Wildman–Crippen LogP) is 0.185. The highest BCUT2D eigenvalue weighted by molar-refractivity contribution is 7.87. The van der Waals surface area contributed by atoms with E-state index in [1.54, 1.807) is 6.33 Å². The van der Waals surface area contributed by atoms with E-state index in [0.29, 0.717) is 12.5 Å². The number of aryl methyl sites for hydroxylation is 1. The lowest BCUT2D eigenvalue weighted by Gasteiger charge is -2.33. The fourth-order valence-corrected chi connectivity index (χ4v) is 2.96. The highest BCUT2D eigenvalue weighted by Crippen LogP contribution is 2.25. The monoisotopic (exact) mass is 299 g/mol. The van der Waals surface area contributed by atoms with Crippen molar-refractivity contribution < 1.29 is 8.42 Å². The van der Waals surface area contributed by atoms with E-state index in [2.05, 4.69) is 19.6 Å². The molecule has 0 amide bonds. The first-order chi connectivity index (χ1) is 9.46. The topological polar surface area (TPSA) is 101 Å². The molecule has 0 bridgehead atoms. The molecule has 3 N–H and O–H groups in total. The number of nitrogens with zero attached hydrogens (tertiary/aromatic N) is 3. The summed E-state index contributed by atoms with van der Waals surface area (Å²) in [4.78, 5) is 10.6. The maximum atomic E-state index is 10.8.